The van der Waals surface area contributed by atoms with Crippen LogP contribution in [0.5, 0.6) is 0 Å². The molecule has 2 amide bonds. The van der Waals surface area contributed by atoms with Crippen molar-refractivity contribution in [2.45, 2.75) is 64.5 Å². The monoisotopic (exact) mass is 270 g/mol. The van der Waals surface area contributed by atoms with E-state index in [2.05, 4.69) is 12.2 Å². The molecule has 0 spiro atoms. The van der Waals surface area contributed by atoms with Gasteiger partial charge in [0.1, 0.15) is 6.04 Å². The number of hydrogen-bond donors (Lipinski definition) is 2. The molecule has 110 valence electrons. The van der Waals surface area contributed by atoms with Crippen LogP contribution in [0.25, 0.3) is 0 Å². The summed E-state index contributed by atoms with van der Waals surface area (Å²) >= 11 is 0. The molecule has 5 nitrogen and oxygen atoms in total. The third kappa shape index (κ3) is 4.73. The highest BCUT2D eigenvalue weighted by molar-refractivity contribution is 5.82. The second-order valence-electron chi connectivity index (χ2n) is 5.67. The lowest BCUT2D eigenvalue weighted by Gasteiger charge is -2.34. The maximum atomic E-state index is 12.1. The fourth-order valence-corrected chi connectivity index (χ4v) is 2.72. The van der Waals surface area contributed by atoms with Crippen molar-refractivity contribution in [2.24, 2.45) is 5.92 Å². The quantitative estimate of drug-likeness (QED) is 0.806. The Morgan fingerprint density at radius 3 is 2.63 bits per heavy atom. The lowest BCUT2D eigenvalue weighted by molar-refractivity contribution is -0.139. The number of nitrogens with one attached hydrogen (secondary N) is 1. The lowest BCUT2D eigenvalue weighted by atomic mass is 9.86. The van der Waals surface area contributed by atoms with Crippen molar-refractivity contribution in [3.8, 4) is 0 Å². The Morgan fingerprint density at radius 1 is 1.42 bits per heavy atom. The number of hydrogen-bond acceptors (Lipinski definition) is 2. The van der Waals surface area contributed by atoms with Crippen LogP contribution in [0.15, 0.2) is 0 Å². The first-order chi connectivity index (χ1) is 8.95. The van der Waals surface area contributed by atoms with Crippen LogP contribution in [0.1, 0.15) is 52.4 Å². The van der Waals surface area contributed by atoms with E-state index in [4.69, 9.17) is 5.11 Å². The molecule has 5 heteroatoms. The van der Waals surface area contributed by atoms with Gasteiger partial charge < -0.3 is 15.3 Å². The van der Waals surface area contributed by atoms with Crippen LogP contribution in [0, 0.1) is 5.92 Å². The van der Waals surface area contributed by atoms with Gasteiger partial charge in [0.2, 0.25) is 0 Å². The minimum Gasteiger partial charge on any atom is -0.480 e. The van der Waals surface area contributed by atoms with E-state index in [-0.39, 0.29) is 12.1 Å². The molecule has 19 heavy (non-hydrogen) atoms. The van der Waals surface area contributed by atoms with Gasteiger partial charge in [-0.15, -0.1) is 0 Å². The average Bonchev–Trinajstić information content (AvgIpc) is 2.37. The molecule has 1 aliphatic carbocycles. The Bertz CT molecular complexity index is 320. The maximum Gasteiger partial charge on any atom is 0.326 e. The van der Waals surface area contributed by atoms with E-state index in [1.54, 1.807) is 11.9 Å². The lowest BCUT2D eigenvalue weighted by Crippen LogP contribution is -2.50. The molecule has 2 unspecified atom stereocenters. The van der Waals surface area contributed by atoms with Gasteiger partial charge in [0.05, 0.1) is 0 Å². The van der Waals surface area contributed by atoms with Crippen LogP contribution < -0.4 is 5.32 Å². The molecule has 0 aromatic carbocycles. The zero-order chi connectivity index (χ0) is 14.4. The van der Waals surface area contributed by atoms with Gasteiger partial charge in [-0.2, -0.15) is 0 Å². The summed E-state index contributed by atoms with van der Waals surface area (Å²) in [7, 11) is 1.77. The van der Waals surface area contributed by atoms with Crippen LogP contribution in [0.4, 0.5) is 4.79 Å². The van der Waals surface area contributed by atoms with Gasteiger partial charge in [0.15, 0.2) is 0 Å². The number of carbonyl (C=O) groups is 2. The van der Waals surface area contributed by atoms with Crippen molar-refractivity contribution in [2.75, 3.05) is 7.05 Å². The predicted molar refractivity (Wildman–Crippen MR) is 74.0 cm³/mol. The molecule has 2 N–H and O–H groups in total. The van der Waals surface area contributed by atoms with Gasteiger partial charge in [0, 0.05) is 13.1 Å². The van der Waals surface area contributed by atoms with Gasteiger partial charge in [0.25, 0.3) is 0 Å². The van der Waals surface area contributed by atoms with E-state index in [1.165, 1.54) is 6.42 Å². The van der Waals surface area contributed by atoms with Crippen LogP contribution >= 0.6 is 0 Å². The molecule has 1 fully saturated rings. The molecule has 3 atom stereocenters. The Morgan fingerprint density at radius 2 is 2.11 bits per heavy atom. The Balaban J connectivity index is 2.53. The van der Waals surface area contributed by atoms with Gasteiger partial charge >= 0.3 is 12.0 Å². The maximum absolute atomic E-state index is 12.1. The van der Waals surface area contributed by atoms with E-state index in [0.29, 0.717) is 12.3 Å². The first-order valence-corrected chi connectivity index (χ1v) is 7.21. The van der Waals surface area contributed by atoms with E-state index in [1.807, 2.05) is 6.92 Å². The minimum atomic E-state index is -0.958. The van der Waals surface area contributed by atoms with Gasteiger partial charge in [-0.05, 0) is 25.2 Å². The van der Waals surface area contributed by atoms with E-state index in [9.17, 15) is 9.59 Å². The molecule has 0 heterocycles. The molecule has 1 aliphatic rings. The zero-order valence-electron chi connectivity index (χ0n) is 12.2. The topological polar surface area (TPSA) is 69.6 Å². The largest absolute Gasteiger partial charge is 0.480 e. The van der Waals surface area contributed by atoms with Crippen LogP contribution in [-0.2, 0) is 4.79 Å². The molecule has 1 saturated carbocycles. The highest BCUT2D eigenvalue weighted by atomic mass is 16.4. The third-order valence-electron chi connectivity index (χ3n) is 3.95. The predicted octanol–water partition coefficient (Wildman–Crippen LogP) is 2.46. The highest BCUT2D eigenvalue weighted by Crippen LogP contribution is 2.26. The number of nitrogens with zero attached hydrogens (tertiary/aromatic N) is 1. The van der Waals surface area contributed by atoms with Gasteiger partial charge in [-0.1, -0.05) is 33.1 Å². The average molecular weight is 270 g/mol. The molecule has 0 aromatic heterocycles. The second kappa shape index (κ2) is 7.36. The third-order valence-corrected chi connectivity index (χ3v) is 3.95. The van der Waals surface area contributed by atoms with Gasteiger partial charge in [-0.25, -0.2) is 9.59 Å². The van der Waals surface area contributed by atoms with Crippen LogP contribution in [-0.4, -0.2) is 41.1 Å². The Labute approximate surface area is 115 Å². The number of rotatable bonds is 5. The van der Waals surface area contributed by atoms with Crippen molar-refractivity contribution in [3.63, 3.8) is 0 Å². The van der Waals surface area contributed by atoms with Crippen molar-refractivity contribution in [1.29, 1.82) is 0 Å². The summed E-state index contributed by atoms with van der Waals surface area (Å²) in [5.41, 5.74) is 0. The number of urea groups is 1. The number of aliphatic carboxylic acids is 1. The highest BCUT2D eigenvalue weighted by Gasteiger charge is 2.27. The fraction of sp³-hybridized carbons (Fsp3) is 0.857. The summed E-state index contributed by atoms with van der Waals surface area (Å²) in [5, 5.41) is 11.7. The number of carboxylic acid groups (broad SMARTS) is 1. The van der Waals surface area contributed by atoms with Crippen LogP contribution in [0.3, 0.4) is 0 Å². The molecule has 0 aliphatic heterocycles. The minimum absolute atomic E-state index is 0.236. The van der Waals surface area contributed by atoms with E-state index < -0.39 is 12.0 Å². The molecule has 1 rings (SSSR count). The van der Waals surface area contributed by atoms with Crippen molar-refractivity contribution >= 4 is 12.0 Å². The van der Waals surface area contributed by atoms with Gasteiger partial charge in [-0.3, -0.25) is 0 Å². The number of carbonyl (C=O) groups excluding carboxylic acids is 1. The summed E-state index contributed by atoms with van der Waals surface area (Å²) in [6, 6.07) is -0.805. The summed E-state index contributed by atoms with van der Waals surface area (Å²) in [4.78, 5) is 24.8. The van der Waals surface area contributed by atoms with Crippen molar-refractivity contribution in [1.82, 2.24) is 10.2 Å². The SMILES string of the molecule is CCC[C@H](NC(=O)N(C)C1CCCC(C)C1)C(=O)O. The first-order valence-electron chi connectivity index (χ1n) is 7.21. The molecule has 0 saturated heterocycles. The smallest absolute Gasteiger partial charge is 0.326 e. The Kier molecular flexibility index (Phi) is 6.12. The summed E-state index contributed by atoms with van der Waals surface area (Å²) in [5.74, 6) is -0.319. The summed E-state index contributed by atoms with van der Waals surface area (Å²) in [6.07, 6.45) is 5.59. The molecule has 0 bridgehead atoms. The number of carboxylic acids is 1. The zero-order valence-corrected chi connectivity index (χ0v) is 12.2. The standard InChI is InChI=1S/C14H26N2O3/c1-4-6-12(13(17)18)15-14(19)16(3)11-8-5-7-10(2)9-11/h10-12H,4-9H2,1-3H3,(H,15,19)(H,17,18)/t10?,11?,12-/m0/s1. The molecule has 0 radical (unpaired) electrons. The molecular weight excluding hydrogens is 244 g/mol. The number of amides is 2. The van der Waals surface area contributed by atoms with E-state index >= 15 is 0 Å². The normalized spacial score (nSPS) is 24.6. The first kappa shape index (κ1) is 15.8. The van der Waals surface area contributed by atoms with Crippen molar-refractivity contribution < 1.29 is 14.7 Å². The summed E-state index contributed by atoms with van der Waals surface area (Å²) < 4.78 is 0. The Hall–Kier alpha value is -1.26. The summed E-state index contributed by atoms with van der Waals surface area (Å²) in [6.45, 7) is 4.11. The second-order valence-corrected chi connectivity index (χ2v) is 5.67. The fourth-order valence-electron chi connectivity index (χ4n) is 2.72. The van der Waals surface area contributed by atoms with E-state index in [0.717, 1.165) is 25.7 Å². The molecule has 0 aromatic rings. The van der Waals surface area contributed by atoms with Crippen LogP contribution in [0.2, 0.25) is 0 Å². The molecular formula is C14H26N2O3. The van der Waals surface area contributed by atoms with Crippen molar-refractivity contribution in [3.05, 3.63) is 0 Å².